The molecular weight excluding hydrogens is 438 g/mol. The number of benzene rings is 2. The molecule has 0 N–H and O–H groups in total. The fourth-order valence-corrected chi connectivity index (χ4v) is 3.18. The molecule has 0 aromatic heterocycles. The van der Waals surface area contributed by atoms with Crippen molar-refractivity contribution in [2.45, 2.75) is 6.42 Å². The van der Waals surface area contributed by atoms with Gasteiger partial charge in [-0.05, 0) is 74.4 Å². The summed E-state index contributed by atoms with van der Waals surface area (Å²) in [5.74, 6) is 0.349. The number of ether oxygens (including phenoxy) is 1. The van der Waals surface area contributed by atoms with Gasteiger partial charge in [0.1, 0.15) is 11.6 Å². The van der Waals surface area contributed by atoms with E-state index in [2.05, 4.69) is 15.9 Å². The molecule has 0 heterocycles. The Hall–Kier alpha value is -0.950. The van der Waals surface area contributed by atoms with Crippen LogP contribution in [0.25, 0.3) is 0 Å². The van der Waals surface area contributed by atoms with E-state index in [9.17, 15) is 9.18 Å². The van der Waals surface area contributed by atoms with Crippen LogP contribution in [0.4, 0.5) is 4.39 Å². The van der Waals surface area contributed by atoms with E-state index in [0.717, 1.165) is 15.8 Å². The average molecular weight is 449 g/mol. The van der Waals surface area contributed by atoms with Gasteiger partial charge in [-0.1, -0.05) is 6.07 Å². The van der Waals surface area contributed by atoms with Crippen LogP contribution >= 0.6 is 38.5 Å². The molecule has 0 spiro atoms. The summed E-state index contributed by atoms with van der Waals surface area (Å²) in [5.41, 5.74) is 1.42. The molecule has 2 aromatic rings. The Kier molecular flexibility index (Phi) is 5.15. The average Bonchev–Trinajstić information content (AvgIpc) is 2.38. The number of methoxy groups -OCH3 is 1. The second-order valence-electron chi connectivity index (χ2n) is 4.19. The lowest BCUT2D eigenvalue weighted by molar-refractivity contribution is 0.0992. The first-order valence-electron chi connectivity index (χ1n) is 5.82. The van der Waals surface area contributed by atoms with Gasteiger partial charge in [0.05, 0.1) is 11.6 Å². The van der Waals surface area contributed by atoms with Crippen molar-refractivity contribution in [1.82, 2.24) is 0 Å². The summed E-state index contributed by atoms with van der Waals surface area (Å²) in [6, 6.07) is 9.70. The summed E-state index contributed by atoms with van der Waals surface area (Å²) in [5, 5.41) is 0. The SMILES string of the molecule is COc1ccc(CC(=O)c2ccc(F)cc2I)cc1Br. The molecule has 0 saturated carbocycles. The number of ketones is 1. The molecule has 0 radical (unpaired) electrons. The normalized spacial score (nSPS) is 10.4. The van der Waals surface area contributed by atoms with Crippen molar-refractivity contribution in [2.75, 3.05) is 7.11 Å². The molecule has 2 nitrogen and oxygen atoms in total. The second-order valence-corrected chi connectivity index (χ2v) is 6.21. The molecule has 0 fully saturated rings. The van der Waals surface area contributed by atoms with Crippen molar-refractivity contribution >= 4 is 44.3 Å². The molecule has 0 bridgehead atoms. The number of hydrogen-bond acceptors (Lipinski definition) is 2. The Labute approximate surface area is 138 Å². The summed E-state index contributed by atoms with van der Waals surface area (Å²) in [6.45, 7) is 0. The fraction of sp³-hybridized carbons (Fsp3) is 0.133. The lowest BCUT2D eigenvalue weighted by Crippen LogP contribution is -2.06. The monoisotopic (exact) mass is 448 g/mol. The van der Waals surface area contributed by atoms with E-state index in [-0.39, 0.29) is 18.0 Å². The Morgan fingerprint density at radius 3 is 2.65 bits per heavy atom. The topological polar surface area (TPSA) is 26.3 Å². The van der Waals surface area contributed by atoms with Crippen LogP contribution in [0.2, 0.25) is 0 Å². The third-order valence-corrected chi connectivity index (χ3v) is 4.32. The van der Waals surface area contributed by atoms with Gasteiger partial charge in [-0.2, -0.15) is 0 Å². The highest BCUT2D eigenvalue weighted by Gasteiger charge is 2.12. The number of carbonyl (C=O) groups is 1. The quantitative estimate of drug-likeness (QED) is 0.503. The van der Waals surface area contributed by atoms with Crippen LogP contribution in [0, 0.1) is 9.39 Å². The highest BCUT2D eigenvalue weighted by Crippen LogP contribution is 2.26. The predicted octanol–water partition coefficient (Wildman–Crippen LogP) is 4.63. The van der Waals surface area contributed by atoms with Gasteiger partial charge < -0.3 is 4.74 Å². The van der Waals surface area contributed by atoms with E-state index < -0.39 is 0 Å². The van der Waals surface area contributed by atoms with Crippen molar-refractivity contribution < 1.29 is 13.9 Å². The van der Waals surface area contributed by atoms with Crippen LogP contribution in [0.1, 0.15) is 15.9 Å². The molecule has 5 heteroatoms. The number of Topliss-reactive ketones (excluding diaryl/α,β-unsaturated/α-hetero) is 1. The van der Waals surface area contributed by atoms with Crippen molar-refractivity contribution in [1.29, 1.82) is 0 Å². The van der Waals surface area contributed by atoms with Crippen molar-refractivity contribution in [2.24, 2.45) is 0 Å². The van der Waals surface area contributed by atoms with E-state index in [0.29, 0.717) is 9.13 Å². The summed E-state index contributed by atoms with van der Waals surface area (Å²) in [7, 11) is 1.59. The van der Waals surface area contributed by atoms with E-state index in [1.165, 1.54) is 18.2 Å². The van der Waals surface area contributed by atoms with Crippen LogP contribution in [0.15, 0.2) is 40.9 Å². The summed E-state index contributed by atoms with van der Waals surface area (Å²) in [6.07, 6.45) is 0.268. The van der Waals surface area contributed by atoms with E-state index in [1.54, 1.807) is 7.11 Å². The Morgan fingerprint density at radius 2 is 2.05 bits per heavy atom. The molecule has 0 unspecified atom stereocenters. The van der Waals surface area contributed by atoms with Crippen LogP contribution < -0.4 is 4.74 Å². The first-order chi connectivity index (χ1) is 9.51. The lowest BCUT2D eigenvalue weighted by atomic mass is 10.0. The first-order valence-corrected chi connectivity index (χ1v) is 7.69. The van der Waals surface area contributed by atoms with Gasteiger partial charge in [0, 0.05) is 15.6 Å². The van der Waals surface area contributed by atoms with Gasteiger partial charge >= 0.3 is 0 Å². The maximum atomic E-state index is 13.0. The molecule has 20 heavy (non-hydrogen) atoms. The zero-order chi connectivity index (χ0) is 14.7. The van der Waals surface area contributed by atoms with Gasteiger partial charge in [0.2, 0.25) is 0 Å². The third-order valence-electron chi connectivity index (χ3n) is 2.81. The number of halogens is 3. The van der Waals surface area contributed by atoms with Crippen molar-refractivity contribution in [3.05, 3.63) is 61.4 Å². The maximum absolute atomic E-state index is 13.0. The molecule has 0 amide bonds. The zero-order valence-electron chi connectivity index (χ0n) is 10.6. The fourth-order valence-electron chi connectivity index (χ4n) is 1.82. The Bertz CT molecular complexity index is 658. The van der Waals surface area contributed by atoms with Gasteiger partial charge in [0.25, 0.3) is 0 Å². The van der Waals surface area contributed by atoms with Gasteiger partial charge in [-0.25, -0.2) is 4.39 Å². The molecule has 0 aliphatic rings. The highest BCUT2D eigenvalue weighted by molar-refractivity contribution is 14.1. The minimum absolute atomic E-state index is 0.0357. The molecule has 2 rings (SSSR count). The smallest absolute Gasteiger partial charge is 0.168 e. The Balaban J connectivity index is 2.21. The standard InChI is InChI=1S/C15H11BrFIO2/c1-20-15-5-2-9(6-12(15)16)7-14(19)11-4-3-10(17)8-13(11)18/h2-6,8H,7H2,1H3. The van der Waals surface area contributed by atoms with E-state index >= 15 is 0 Å². The molecule has 0 atom stereocenters. The predicted molar refractivity (Wildman–Crippen MR) is 87.8 cm³/mol. The van der Waals surface area contributed by atoms with Gasteiger partial charge in [-0.3, -0.25) is 4.79 Å². The third kappa shape index (κ3) is 3.58. The molecule has 0 aliphatic carbocycles. The lowest BCUT2D eigenvalue weighted by Gasteiger charge is -2.07. The highest BCUT2D eigenvalue weighted by atomic mass is 127. The van der Waals surface area contributed by atoms with E-state index in [1.807, 2.05) is 40.8 Å². The molecule has 104 valence electrons. The first kappa shape index (κ1) is 15.4. The van der Waals surface area contributed by atoms with Crippen molar-refractivity contribution in [3.8, 4) is 5.75 Å². The van der Waals surface area contributed by atoms with Crippen LogP contribution in [0.3, 0.4) is 0 Å². The second kappa shape index (κ2) is 6.67. The zero-order valence-corrected chi connectivity index (χ0v) is 14.4. The minimum atomic E-state index is -0.335. The maximum Gasteiger partial charge on any atom is 0.168 e. The van der Waals surface area contributed by atoms with Crippen LogP contribution in [-0.4, -0.2) is 12.9 Å². The molecule has 0 saturated heterocycles. The number of rotatable bonds is 4. The minimum Gasteiger partial charge on any atom is -0.496 e. The molecule has 0 aliphatic heterocycles. The number of carbonyl (C=O) groups excluding carboxylic acids is 1. The summed E-state index contributed by atoms with van der Waals surface area (Å²) in [4.78, 5) is 12.2. The molecule has 2 aromatic carbocycles. The summed E-state index contributed by atoms with van der Waals surface area (Å²) < 4.78 is 19.6. The van der Waals surface area contributed by atoms with Crippen LogP contribution in [-0.2, 0) is 6.42 Å². The van der Waals surface area contributed by atoms with Gasteiger partial charge in [0.15, 0.2) is 5.78 Å². The van der Waals surface area contributed by atoms with Crippen molar-refractivity contribution in [3.63, 3.8) is 0 Å². The summed E-state index contributed by atoms with van der Waals surface area (Å²) >= 11 is 5.36. The largest absolute Gasteiger partial charge is 0.496 e. The van der Waals surface area contributed by atoms with Gasteiger partial charge in [-0.15, -0.1) is 0 Å². The molecular formula is C15H11BrFIO2. The number of hydrogen-bond donors (Lipinski definition) is 0. The van der Waals surface area contributed by atoms with Crippen LogP contribution in [0.5, 0.6) is 5.75 Å². The Morgan fingerprint density at radius 1 is 1.30 bits per heavy atom. The van der Waals surface area contributed by atoms with E-state index in [4.69, 9.17) is 4.74 Å².